The second kappa shape index (κ2) is 3.98. The van der Waals surface area contributed by atoms with Gasteiger partial charge in [0, 0.05) is 26.6 Å². The van der Waals surface area contributed by atoms with Crippen molar-refractivity contribution in [1.82, 2.24) is 0 Å². The first-order valence-electron chi connectivity index (χ1n) is 4.07. The Bertz CT molecular complexity index is 291. The maximum Gasteiger partial charge on any atom is 0.303 e. The Labute approximate surface area is 76.8 Å². The largest absolute Gasteiger partial charge is 0.481 e. The first-order valence-corrected chi connectivity index (χ1v) is 4.07. The molecule has 1 aromatic heterocycles. The molecule has 1 aromatic rings. The highest BCUT2D eigenvalue weighted by molar-refractivity contribution is 5.66. The fourth-order valence-corrected chi connectivity index (χ4v) is 0.971. The lowest BCUT2D eigenvalue weighted by molar-refractivity contribution is -0.137. The number of rotatable bonds is 4. The van der Waals surface area contributed by atoms with Gasteiger partial charge >= 0.3 is 5.97 Å². The van der Waals surface area contributed by atoms with Gasteiger partial charge in [-0.25, -0.2) is 0 Å². The zero-order chi connectivity index (χ0) is 9.84. The summed E-state index contributed by atoms with van der Waals surface area (Å²) < 4.78 is 5.36. The van der Waals surface area contributed by atoms with Crippen molar-refractivity contribution in [2.24, 2.45) is 0 Å². The maximum absolute atomic E-state index is 10.3. The van der Waals surface area contributed by atoms with E-state index >= 15 is 0 Å². The van der Waals surface area contributed by atoms with E-state index in [0.29, 0.717) is 12.2 Å². The molecule has 0 aromatic carbocycles. The van der Waals surface area contributed by atoms with E-state index in [-0.39, 0.29) is 6.42 Å². The molecule has 0 fully saturated rings. The Morgan fingerprint density at radius 2 is 2.23 bits per heavy atom. The molecular formula is C9H13NO3. The van der Waals surface area contributed by atoms with Crippen molar-refractivity contribution in [3.63, 3.8) is 0 Å². The standard InChI is InChI=1S/C9H13NO3/c1-10(2)8-5-3-7(13-8)4-6-9(11)12/h3,5H,4,6H2,1-2H3,(H,11,12). The van der Waals surface area contributed by atoms with Gasteiger partial charge in [-0.2, -0.15) is 0 Å². The summed E-state index contributed by atoms with van der Waals surface area (Å²) in [6.07, 6.45) is 0.559. The molecular weight excluding hydrogens is 170 g/mol. The Hall–Kier alpha value is -1.45. The third-order valence-electron chi connectivity index (χ3n) is 1.67. The minimum Gasteiger partial charge on any atom is -0.481 e. The quantitative estimate of drug-likeness (QED) is 0.765. The Morgan fingerprint density at radius 3 is 2.69 bits per heavy atom. The summed E-state index contributed by atoms with van der Waals surface area (Å²) in [6.45, 7) is 0. The number of hydrogen-bond donors (Lipinski definition) is 1. The van der Waals surface area contributed by atoms with Gasteiger partial charge in [0.15, 0.2) is 5.88 Å². The van der Waals surface area contributed by atoms with Crippen molar-refractivity contribution in [2.75, 3.05) is 19.0 Å². The predicted molar refractivity (Wildman–Crippen MR) is 49.0 cm³/mol. The van der Waals surface area contributed by atoms with Crippen LogP contribution in [0.4, 0.5) is 5.88 Å². The molecule has 1 rings (SSSR count). The van der Waals surface area contributed by atoms with Gasteiger partial charge in [0.05, 0.1) is 6.42 Å². The number of nitrogens with zero attached hydrogens (tertiary/aromatic N) is 1. The molecule has 1 heterocycles. The van der Waals surface area contributed by atoms with Crippen LogP contribution in [-0.4, -0.2) is 25.2 Å². The zero-order valence-electron chi connectivity index (χ0n) is 7.78. The lowest BCUT2D eigenvalue weighted by Gasteiger charge is -2.06. The smallest absolute Gasteiger partial charge is 0.303 e. The van der Waals surface area contributed by atoms with Crippen molar-refractivity contribution < 1.29 is 14.3 Å². The molecule has 0 bridgehead atoms. The van der Waals surface area contributed by atoms with Crippen LogP contribution in [0.15, 0.2) is 16.5 Å². The molecule has 4 nitrogen and oxygen atoms in total. The van der Waals surface area contributed by atoms with Crippen molar-refractivity contribution in [3.05, 3.63) is 17.9 Å². The van der Waals surface area contributed by atoms with Crippen LogP contribution >= 0.6 is 0 Å². The monoisotopic (exact) mass is 183 g/mol. The fourth-order valence-electron chi connectivity index (χ4n) is 0.971. The van der Waals surface area contributed by atoms with Crippen LogP contribution in [-0.2, 0) is 11.2 Å². The van der Waals surface area contributed by atoms with E-state index in [9.17, 15) is 4.79 Å². The summed E-state index contributed by atoms with van der Waals surface area (Å²) in [5, 5.41) is 8.44. The lowest BCUT2D eigenvalue weighted by atomic mass is 10.2. The fraction of sp³-hybridized carbons (Fsp3) is 0.444. The molecule has 0 spiro atoms. The van der Waals surface area contributed by atoms with Gasteiger partial charge in [-0.15, -0.1) is 0 Å². The van der Waals surface area contributed by atoms with Crippen LogP contribution in [0.1, 0.15) is 12.2 Å². The number of carboxylic acids is 1. The maximum atomic E-state index is 10.3. The topological polar surface area (TPSA) is 53.7 Å². The number of aliphatic carboxylic acids is 1. The third-order valence-corrected chi connectivity index (χ3v) is 1.67. The molecule has 0 unspecified atom stereocenters. The number of aryl methyl sites for hydroxylation is 1. The molecule has 0 saturated heterocycles. The van der Waals surface area contributed by atoms with Crippen LogP contribution < -0.4 is 4.90 Å². The summed E-state index contributed by atoms with van der Waals surface area (Å²) >= 11 is 0. The van der Waals surface area contributed by atoms with Crippen LogP contribution in [0, 0.1) is 0 Å². The zero-order valence-corrected chi connectivity index (χ0v) is 7.78. The second-order valence-corrected chi connectivity index (χ2v) is 3.03. The number of furan rings is 1. The molecule has 4 heteroatoms. The van der Waals surface area contributed by atoms with E-state index in [1.54, 1.807) is 6.07 Å². The summed E-state index contributed by atoms with van der Waals surface area (Å²) in [5.41, 5.74) is 0. The van der Waals surface area contributed by atoms with Crippen molar-refractivity contribution in [3.8, 4) is 0 Å². The molecule has 0 aliphatic carbocycles. The van der Waals surface area contributed by atoms with Gasteiger partial charge in [-0.05, 0) is 6.07 Å². The van der Waals surface area contributed by atoms with Gasteiger partial charge < -0.3 is 14.4 Å². The third kappa shape index (κ3) is 2.82. The minimum absolute atomic E-state index is 0.111. The number of carboxylic acid groups (broad SMARTS) is 1. The lowest BCUT2D eigenvalue weighted by Crippen LogP contribution is -2.06. The van der Waals surface area contributed by atoms with E-state index in [0.717, 1.165) is 5.88 Å². The number of hydrogen-bond acceptors (Lipinski definition) is 3. The van der Waals surface area contributed by atoms with E-state index in [1.165, 1.54) is 0 Å². The normalized spacial score (nSPS) is 10.0. The van der Waals surface area contributed by atoms with E-state index in [2.05, 4.69) is 0 Å². The summed E-state index contributed by atoms with van der Waals surface area (Å²) in [6, 6.07) is 3.63. The summed E-state index contributed by atoms with van der Waals surface area (Å²) in [4.78, 5) is 12.1. The van der Waals surface area contributed by atoms with Crippen molar-refractivity contribution in [1.29, 1.82) is 0 Å². The van der Waals surface area contributed by atoms with Gasteiger partial charge in [0.1, 0.15) is 5.76 Å². The Kier molecular flexibility index (Phi) is 2.95. The minimum atomic E-state index is -0.803. The summed E-state index contributed by atoms with van der Waals surface area (Å²) in [7, 11) is 3.75. The molecule has 0 amide bonds. The van der Waals surface area contributed by atoms with E-state index in [4.69, 9.17) is 9.52 Å². The van der Waals surface area contributed by atoms with Gasteiger partial charge in [0.25, 0.3) is 0 Å². The first kappa shape index (κ1) is 9.64. The highest BCUT2D eigenvalue weighted by Crippen LogP contribution is 2.16. The first-order chi connectivity index (χ1) is 6.09. The van der Waals surface area contributed by atoms with Crippen LogP contribution in [0.3, 0.4) is 0 Å². The van der Waals surface area contributed by atoms with Gasteiger partial charge in [-0.3, -0.25) is 4.79 Å². The molecule has 0 aliphatic rings. The van der Waals surface area contributed by atoms with Crippen molar-refractivity contribution >= 4 is 11.9 Å². The van der Waals surface area contributed by atoms with Gasteiger partial charge in [0.2, 0.25) is 0 Å². The molecule has 1 N–H and O–H groups in total. The van der Waals surface area contributed by atoms with Crippen LogP contribution in [0.5, 0.6) is 0 Å². The molecule has 0 aliphatic heterocycles. The second-order valence-electron chi connectivity index (χ2n) is 3.03. The van der Waals surface area contributed by atoms with Crippen molar-refractivity contribution in [2.45, 2.75) is 12.8 Å². The highest BCUT2D eigenvalue weighted by Gasteiger charge is 2.05. The molecule has 0 radical (unpaired) electrons. The highest BCUT2D eigenvalue weighted by atomic mass is 16.4. The Morgan fingerprint density at radius 1 is 1.54 bits per heavy atom. The van der Waals surface area contributed by atoms with E-state index < -0.39 is 5.97 Å². The molecule has 0 saturated carbocycles. The average molecular weight is 183 g/mol. The molecule has 13 heavy (non-hydrogen) atoms. The molecule has 0 atom stereocenters. The number of anilines is 1. The van der Waals surface area contributed by atoms with Crippen LogP contribution in [0.25, 0.3) is 0 Å². The van der Waals surface area contributed by atoms with Crippen LogP contribution in [0.2, 0.25) is 0 Å². The SMILES string of the molecule is CN(C)c1ccc(CCC(=O)O)o1. The van der Waals surface area contributed by atoms with E-state index in [1.807, 2.05) is 25.1 Å². The van der Waals surface area contributed by atoms with Gasteiger partial charge in [-0.1, -0.05) is 0 Å². The average Bonchev–Trinajstić information content (AvgIpc) is 2.48. The predicted octanol–water partition coefficient (Wildman–Crippen LogP) is 1.36. The Balaban J connectivity index is 2.54. The summed E-state index contributed by atoms with van der Waals surface area (Å²) in [5.74, 6) is 0.661. The molecule has 72 valence electrons. The number of carbonyl (C=O) groups is 1.